The fourth-order valence-corrected chi connectivity index (χ4v) is 0.824. The molecule has 6 heteroatoms. The third-order valence-electron chi connectivity index (χ3n) is 1.39. The minimum Gasteiger partial charge on any atom is -0.463 e. The van der Waals surface area contributed by atoms with Crippen LogP contribution in [0.25, 0.3) is 0 Å². The van der Waals surface area contributed by atoms with Crippen LogP contribution in [0.2, 0.25) is 0 Å². The second-order valence-corrected chi connectivity index (χ2v) is 2.75. The number of nitrogens with one attached hydrogen (secondary N) is 1. The van der Waals surface area contributed by atoms with Crippen LogP contribution in [0, 0.1) is 0 Å². The average Bonchev–Trinajstić information content (AvgIpc) is 2.17. The van der Waals surface area contributed by atoms with E-state index in [4.69, 9.17) is 0 Å². The highest BCUT2D eigenvalue weighted by atomic mass is 16.5. The molecule has 1 amide bonds. The fourth-order valence-electron chi connectivity index (χ4n) is 0.824. The van der Waals surface area contributed by atoms with Gasteiger partial charge in [0.15, 0.2) is 0 Å². The second-order valence-electron chi connectivity index (χ2n) is 2.75. The van der Waals surface area contributed by atoms with Gasteiger partial charge in [-0.05, 0) is 20.8 Å². The van der Waals surface area contributed by atoms with Crippen LogP contribution >= 0.6 is 0 Å². The molecule has 0 saturated heterocycles. The minimum absolute atomic E-state index is 0.118. The first-order chi connectivity index (χ1) is 7.51. The largest absolute Gasteiger partial charge is 0.463 e. The first-order valence-electron chi connectivity index (χ1n) is 4.84. The summed E-state index contributed by atoms with van der Waals surface area (Å²) in [4.78, 5) is 33.0. The molecule has 0 bridgehead atoms. The molecule has 0 fully saturated rings. The molecule has 0 saturated carbocycles. The van der Waals surface area contributed by atoms with Gasteiger partial charge in [-0.1, -0.05) is 0 Å². The number of amides is 1. The van der Waals surface area contributed by atoms with Gasteiger partial charge in [-0.3, -0.25) is 4.79 Å². The van der Waals surface area contributed by atoms with E-state index in [1.807, 2.05) is 0 Å². The lowest BCUT2D eigenvalue weighted by atomic mass is 10.4. The Bertz CT molecular complexity index is 308. The van der Waals surface area contributed by atoms with Crippen LogP contribution in [0.1, 0.15) is 20.8 Å². The van der Waals surface area contributed by atoms with Gasteiger partial charge in [0.25, 0.3) is 0 Å². The van der Waals surface area contributed by atoms with E-state index in [1.54, 1.807) is 13.8 Å². The van der Waals surface area contributed by atoms with Gasteiger partial charge in [-0.25, -0.2) is 9.59 Å². The molecule has 0 radical (unpaired) electrons. The van der Waals surface area contributed by atoms with Gasteiger partial charge in [0.05, 0.1) is 13.2 Å². The van der Waals surface area contributed by atoms with Crippen molar-refractivity contribution in [1.82, 2.24) is 5.32 Å². The molecule has 1 N–H and O–H groups in total. The predicted octanol–water partition coefficient (Wildman–Crippen LogP) is 0.133. The Balaban J connectivity index is 4.23. The fraction of sp³-hybridized carbons (Fsp3) is 0.500. The third-order valence-corrected chi connectivity index (χ3v) is 1.39. The number of ether oxygens (including phenoxy) is 2. The summed E-state index contributed by atoms with van der Waals surface area (Å²) in [5.41, 5.74) is 0.219. The van der Waals surface area contributed by atoms with Gasteiger partial charge in [0.1, 0.15) is 0 Å². The highest BCUT2D eigenvalue weighted by molar-refractivity contribution is 6.32. The molecule has 0 aromatic heterocycles. The molecule has 0 aliphatic carbocycles. The van der Waals surface area contributed by atoms with Crippen molar-refractivity contribution in [1.29, 1.82) is 0 Å². The maximum atomic E-state index is 11.1. The van der Waals surface area contributed by atoms with Crippen molar-refractivity contribution >= 4 is 17.8 Å². The molecule has 0 unspecified atom stereocenters. The first kappa shape index (κ1) is 14.2. The lowest BCUT2D eigenvalue weighted by Crippen LogP contribution is -2.31. The average molecular weight is 229 g/mol. The Hall–Kier alpha value is -1.85. The number of carbonyl (C=O) groups excluding carboxylic acids is 3. The minimum atomic E-state index is -0.987. The summed E-state index contributed by atoms with van der Waals surface area (Å²) in [5.74, 6) is -2.48. The Morgan fingerprint density at radius 1 is 1.12 bits per heavy atom. The highest BCUT2D eigenvalue weighted by Gasteiger charge is 2.14. The third kappa shape index (κ3) is 5.79. The maximum Gasteiger partial charge on any atom is 0.397 e. The zero-order valence-corrected chi connectivity index (χ0v) is 9.53. The summed E-state index contributed by atoms with van der Waals surface area (Å²) in [5, 5.41) is 2.20. The number of esters is 2. The number of carbonyl (C=O) groups is 3. The van der Waals surface area contributed by atoms with Crippen molar-refractivity contribution in [2.24, 2.45) is 0 Å². The van der Waals surface area contributed by atoms with Crippen molar-refractivity contribution in [3.05, 3.63) is 11.8 Å². The smallest absolute Gasteiger partial charge is 0.397 e. The van der Waals surface area contributed by atoms with Crippen molar-refractivity contribution in [2.45, 2.75) is 20.8 Å². The molecule has 0 heterocycles. The summed E-state index contributed by atoms with van der Waals surface area (Å²) in [6.45, 7) is 5.08. The molecular formula is C10H15NO5. The molecule has 90 valence electrons. The number of allylic oxidation sites excluding steroid dienone is 1. The zero-order chi connectivity index (χ0) is 12.6. The topological polar surface area (TPSA) is 81.7 Å². The monoisotopic (exact) mass is 229 g/mol. The molecular weight excluding hydrogens is 214 g/mol. The van der Waals surface area contributed by atoms with Crippen LogP contribution in [0.5, 0.6) is 0 Å². The van der Waals surface area contributed by atoms with Gasteiger partial charge in [-0.15, -0.1) is 0 Å². The summed E-state index contributed by atoms with van der Waals surface area (Å²) < 4.78 is 9.08. The van der Waals surface area contributed by atoms with Crippen LogP contribution in [0.15, 0.2) is 11.8 Å². The molecule has 0 aromatic carbocycles. The number of rotatable bonds is 4. The molecule has 0 aliphatic heterocycles. The van der Waals surface area contributed by atoms with Crippen LogP contribution < -0.4 is 5.32 Å². The Morgan fingerprint density at radius 2 is 1.69 bits per heavy atom. The van der Waals surface area contributed by atoms with Crippen molar-refractivity contribution in [3.63, 3.8) is 0 Å². The van der Waals surface area contributed by atoms with Crippen LogP contribution in [-0.4, -0.2) is 31.1 Å². The van der Waals surface area contributed by atoms with E-state index in [-0.39, 0.29) is 18.9 Å². The first-order valence-corrected chi connectivity index (χ1v) is 4.84. The van der Waals surface area contributed by atoms with Gasteiger partial charge in [0, 0.05) is 11.8 Å². The van der Waals surface area contributed by atoms with Crippen LogP contribution in [0.3, 0.4) is 0 Å². The van der Waals surface area contributed by atoms with E-state index < -0.39 is 17.8 Å². The molecule has 0 rings (SSSR count). The quantitative estimate of drug-likeness (QED) is 0.421. The second kappa shape index (κ2) is 7.44. The summed E-state index contributed by atoms with van der Waals surface area (Å²) in [6.07, 6.45) is 1.08. The van der Waals surface area contributed by atoms with Crippen molar-refractivity contribution in [2.75, 3.05) is 13.2 Å². The standard InChI is InChI=1S/C10H15NO5/c1-4-15-8(12)6-7(3)11-9(13)10(14)16-5-2/h6H,4-5H2,1-3H3,(H,11,13). The molecule has 0 aromatic rings. The molecule has 0 spiro atoms. The van der Waals surface area contributed by atoms with Crippen LogP contribution in [0.4, 0.5) is 0 Å². The van der Waals surface area contributed by atoms with Crippen molar-refractivity contribution < 1.29 is 23.9 Å². The number of hydrogen-bond acceptors (Lipinski definition) is 5. The highest BCUT2D eigenvalue weighted by Crippen LogP contribution is 1.90. The molecule has 0 aliphatic rings. The SMILES string of the molecule is CCOC(=O)C=C(C)NC(=O)C(=O)OCC. The summed E-state index contributed by atoms with van der Waals surface area (Å²) >= 11 is 0. The Kier molecular flexibility index (Phi) is 6.58. The zero-order valence-electron chi connectivity index (χ0n) is 9.53. The van der Waals surface area contributed by atoms with Gasteiger partial charge < -0.3 is 14.8 Å². The van der Waals surface area contributed by atoms with Crippen LogP contribution in [-0.2, 0) is 23.9 Å². The summed E-state index contributed by atoms with van der Waals surface area (Å²) in [7, 11) is 0. The predicted molar refractivity (Wildman–Crippen MR) is 55.2 cm³/mol. The molecule has 0 atom stereocenters. The lowest BCUT2D eigenvalue weighted by Gasteiger charge is -2.04. The maximum absolute atomic E-state index is 11.1. The number of hydrogen-bond donors (Lipinski definition) is 1. The summed E-state index contributed by atoms with van der Waals surface area (Å²) in [6, 6.07) is 0. The van der Waals surface area contributed by atoms with E-state index in [9.17, 15) is 14.4 Å². The van der Waals surface area contributed by atoms with Gasteiger partial charge >= 0.3 is 17.8 Å². The normalized spacial score (nSPS) is 10.6. The van der Waals surface area contributed by atoms with E-state index in [0.717, 1.165) is 6.08 Å². The molecule has 6 nitrogen and oxygen atoms in total. The van der Waals surface area contributed by atoms with E-state index in [1.165, 1.54) is 6.92 Å². The van der Waals surface area contributed by atoms with Gasteiger partial charge in [-0.2, -0.15) is 0 Å². The van der Waals surface area contributed by atoms with E-state index >= 15 is 0 Å². The Labute approximate surface area is 93.6 Å². The van der Waals surface area contributed by atoms with E-state index in [0.29, 0.717) is 0 Å². The van der Waals surface area contributed by atoms with Gasteiger partial charge in [0.2, 0.25) is 0 Å². The lowest BCUT2D eigenvalue weighted by molar-refractivity contribution is -0.154. The van der Waals surface area contributed by atoms with Crippen molar-refractivity contribution in [3.8, 4) is 0 Å². The Morgan fingerprint density at radius 3 is 2.19 bits per heavy atom. The van der Waals surface area contributed by atoms with E-state index in [2.05, 4.69) is 14.8 Å². The molecule has 16 heavy (non-hydrogen) atoms.